The van der Waals surface area contributed by atoms with E-state index in [1.807, 2.05) is 13.8 Å². The van der Waals surface area contributed by atoms with Gasteiger partial charge in [-0.3, -0.25) is 9.36 Å². The van der Waals surface area contributed by atoms with Crippen molar-refractivity contribution in [3.8, 4) is 0 Å². The lowest BCUT2D eigenvalue weighted by atomic mass is 9.98. The second-order valence-corrected chi connectivity index (χ2v) is 6.64. The van der Waals surface area contributed by atoms with Crippen LogP contribution < -0.4 is 11.4 Å². The van der Waals surface area contributed by atoms with E-state index in [1.165, 1.54) is 11.8 Å². The summed E-state index contributed by atoms with van der Waals surface area (Å²) in [5.41, 5.74) is 4.76. The molecule has 0 aliphatic heterocycles. The van der Waals surface area contributed by atoms with Crippen molar-refractivity contribution in [2.45, 2.75) is 63.0 Å². The van der Waals surface area contributed by atoms with Crippen molar-refractivity contribution in [3.05, 3.63) is 10.5 Å². The second kappa shape index (κ2) is 7.65. The summed E-state index contributed by atoms with van der Waals surface area (Å²) in [6.45, 7) is 8.27. The van der Waals surface area contributed by atoms with Crippen LogP contribution in [0.4, 0.5) is 0 Å². The van der Waals surface area contributed by atoms with E-state index >= 15 is 0 Å². The summed E-state index contributed by atoms with van der Waals surface area (Å²) in [7, 11) is 0. The monoisotopic (exact) mass is 316 g/mol. The third kappa shape index (κ3) is 4.89. The number of esters is 1. The Bertz CT molecular complexity index is 524. The SMILES string of the molecule is CCCn1c(SC(C)CC(C)(N)C(=O)OCC)n[nH]c1=O. The molecule has 0 radical (unpaired) electrons. The highest BCUT2D eigenvalue weighted by molar-refractivity contribution is 7.99. The van der Waals surface area contributed by atoms with Crippen LogP contribution >= 0.6 is 11.8 Å². The number of carbonyl (C=O) groups is 1. The molecule has 1 aromatic rings. The van der Waals surface area contributed by atoms with Crippen molar-refractivity contribution in [1.82, 2.24) is 14.8 Å². The molecule has 0 fully saturated rings. The van der Waals surface area contributed by atoms with Crippen LogP contribution in [0.3, 0.4) is 0 Å². The van der Waals surface area contributed by atoms with Crippen molar-refractivity contribution < 1.29 is 9.53 Å². The molecule has 0 bridgehead atoms. The van der Waals surface area contributed by atoms with E-state index < -0.39 is 11.5 Å². The molecule has 0 spiro atoms. The molecule has 1 aromatic heterocycles. The number of hydrogen-bond donors (Lipinski definition) is 2. The summed E-state index contributed by atoms with van der Waals surface area (Å²) in [6, 6.07) is 0. The van der Waals surface area contributed by atoms with Gasteiger partial charge in [-0.2, -0.15) is 0 Å². The first-order valence-electron chi connectivity index (χ1n) is 7.09. The van der Waals surface area contributed by atoms with Crippen molar-refractivity contribution in [1.29, 1.82) is 0 Å². The molecule has 0 aliphatic carbocycles. The maximum absolute atomic E-state index is 11.8. The highest BCUT2D eigenvalue weighted by atomic mass is 32.2. The van der Waals surface area contributed by atoms with Crippen LogP contribution in [0.25, 0.3) is 0 Å². The number of rotatable bonds is 8. The fourth-order valence-corrected chi connectivity index (χ4v) is 3.20. The average Bonchev–Trinajstić information content (AvgIpc) is 2.71. The lowest BCUT2D eigenvalue weighted by Gasteiger charge is -2.25. The van der Waals surface area contributed by atoms with Crippen LogP contribution in [0.2, 0.25) is 0 Å². The molecule has 7 nitrogen and oxygen atoms in total. The maximum Gasteiger partial charge on any atom is 0.343 e. The van der Waals surface area contributed by atoms with Gasteiger partial charge in [-0.15, -0.1) is 5.10 Å². The van der Waals surface area contributed by atoms with Gasteiger partial charge in [0, 0.05) is 11.8 Å². The number of aromatic nitrogens is 3. The number of carbonyl (C=O) groups excluding carboxylic acids is 1. The standard InChI is InChI=1S/C13H24N4O3S/c1-5-7-17-11(19)15-16-12(17)21-9(3)8-13(4,14)10(18)20-6-2/h9H,5-8,14H2,1-4H3,(H,15,19). The molecular weight excluding hydrogens is 292 g/mol. The van der Waals surface area contributed by atoms with E-state index in [4.69, 9.17) is 10.5 Å². The van der Waals surface area contributed by atoms with Crippen LogP contribution in [0, 0.1) is 0 Å². The van der Waals surface area contributed by atoms with Gasteiger partial charge in [-0.25, -0.2) is 9.89 Å². The summed E-state index contributed by atoms with van der Waals surface area (Å²) in [5, 5.41) is 7.11. The topological polar surface area (TPSA) is 103 Å². The molecule has 8 heteroatoms. The first-order chi connectivity index (χ1) is 9.81. The fraction of sp³-hybridized carbons (Fsp3) is 0.769. The molecule has 21 heavy (non-hydrogen) atoms. The molecule has 0 saturated carbocycles. The minimum absolute atomic E-state index is 0.0233. The molecule has 2 unspecified atom stereocenters. The van der Waals surface area contributed by atoms with Gasteiger partial charge in [0.2, 0.25) is 0 Å². The van der Waals surface area contributed by atoms with Crippen molar-refractivity contribution >= 4 is 17.7 Å². The summed E-state index contributed by atoms with van der Waals surface area (Å²) in [4.78, 5) is 23.4. The van der Waals surface area contributed by atoms with Gasteiger partial charge in [-0.05, 0) is 26.7 Å². The smallest absolute Gasteiger partial charge is 0.343 e. The van der Waals surface area contributed by atoms with Crippen LogP contribution in [0.15, 0.2) is 9.95 Å². The van der Waals surface area contributed by atoms with Crippen molar-refractivity contribution in [2.24, 2.45) is 5.73 Å². The zero-order valence-corrected chi connectivity index (χ0v) is 13.8. The van der Waals surface area contributed by atoms with E-state index in [9.17, 15) is 9.59 Å². The number of aromatic amines is 1. The molecule has 0 saturated heterocycles. The van der Waals surface area contributed by atoms with Crippen LogP contribution in [0.1, 0.15) is 40.5 Å². The summed E-state index contributed by atoms with van der Waals surface area (Å²) >= 11 is 1.43. The Balaban J connectivity index is 2.71. The summed E-state index contributed by atoms with van der Waals surface area (Å²) in [5.74, 6) is -0.412. The zero-order chi connectivity index (χ0) is 16.0. The highest BCUT2D eigenvalue weighted by Gasteiger charge is 2.32. The van der Waals surface area contributed by atoms with Gasteiger partial charge in [-0.1, -0.05) is 25.6 Å². The summed E-state index contributed by atoms with van der Waals surface area (Å²) < 4.78 is 6.57. The Morgan fingerprint density at radius 1 is 1.57 bits per heavy atom. The van der Waals surface area contributed by atoms with E-state index in [1.54, 1.807) is 18.4 Å². The number of nitrogens with zero attached hydrogens (tertiary/aromatic N) is 2. The molecule has 1 heterocycles. The molecule has 0 aliphatic rings. The number of H-pyrrole nitrogens is 1. The van der Waals surface area contributed by atoms with Gasteiger partial charge >= 0.3 is 11.7 Å². The molecule has 3 N–H and O–H groups in total. The first kappa shape index (κ1) is 17.8. The van der Waals surface area contributed by atoms with Gasteiger partial charge in [0.05, 0.1) is 6.61 Å². The minimum atomic E-state index is -1.05. The van der Waals surface area contributed by atoms with E-state index in [-0.39, 0.29) is 10.9 Å². The largest absolute Gasteiger partial charge is 0.465 e. The molecule has 1 rings (SSSR count). The average molecular weight is 316 g/mol. The predicted octanol–water partition coefficient (Wildman–Crippen LogP) is 1.13. The van der Waals surface area contributed by atoms with Gasteiger partial charge < -0.3 is 10.5 Å². The molecule has 0 amide bonds. The van der Waals surface area contributed by atoms with Gasteiger partial charge in [0.15, 0.2) is 5.16 Å². The Morgan fingerprint density at radius 3 is 2.81 bits per heavy atom. The third-order valence-electron chi connectivity index (χ3n) is 2.93. The van der Waals surface area contributed by atoms with Crippen molar-refractivity contribution in [3.63, 3.8) is 0 Å². The lowest BCUT2D eigenvalue weighted by Crippen LogP contribution is -2.47. The fourth-order valence-electron chi connectivity index (χ4n) is 2.01. The summed E-state index contributed by atoms with van der Waals surface area (Å²) in [6.07, 6.45) is 1.28. The van der Waals surface area contributed by atoms with Crippen molar-refractivity contribution in [2.75, 3.05) is 6.61 Å². The quantitative estimate of drug-likeness (QED) is 0.550. The normalized spacial score (nSPS) is 15.5. The van der Waals surface area contributed by atoms with E-state index in [2.05, 4.69) is 10.2 Å². The highest BCUT2D eigenvalue weighted by Crippen LogP contribution is 2.26. The second-order valence-electron chi connectivity index (χ2n) is 5.23. The number of hydrogen-bond acceptors (Lipinski definition) is 6. The number of nitrogens with two attached hydrogens (primary N) is 1. The zero-order valence-electron chi connectivity index (χ0n) is 13.0. The third-order valence-corrected chi connectivity index (χ3v) is 4.02. The predicted molar refractivity (Wildman–Crippen MR) is 82.3 cm³/mol. The number of ether oxygens (including phenoxy) is 1. The van der Waals surface area contributed by atoms with Crippen LogP contribution in [0.5, 0.6) is 0 Å². The van der Waals surface area contributed by atoms with Crippen LogP contribution in [-0.4, -0.2) is 38.1 Å². The van der Waals surface area contributed by atoms with Gasteiger partial charge in [0.25, 0.3) is 0 Å². The Kier molecular flexibility index (Phi) is 6.47. The van der Waals surface area contributed by atoms with E-state index in [0.717, 1.165) is 6.42 Å². The molecule has 0 aromatic carbocycles. The molecular formula is C13H24N4O3S. The first-order valence-corrected chi connectivity index (χ1v) is 7.97. The Morgan fingerprint density at radius 2 is 2.24 bits per heavy atom. The van der Waals surface area contributed by atoms with E-state index in [0.29, 0.717) is 24.7 Å². The van der Waals surface area contributed by atoms with Gasteiger partial charge in [0.1, 0.15) is 5.54 Å². The lowest BCUT2D eigenvalue weighted by molar-refractivity contribution is -0.149. The Labute approximate surface area is 128 Å². The maximum atomic E-state index is 11.8. The molecule has 120 valence electrons. The number of nitrogens with one attached hydrogen (secondary N) is 1. The Hall–Kier alpha value is -1.28. The van der Waals surface area contributed by atoms with Crippen LogP contribution in [-0.2, 0) is 16.1 Å². The number of thioether (sulfide) groups is 1. The molecule has 2 atom stereocenters. The minimum Gasteiger partial charge on any atom is -0.465 e.